The van der Waals surface area contributed by atoms with E-state index in [0.29, 0.717) is 11.3 Å². The Kier molecular flexibility index (Phi) is 6.84. The van der Waals surface area contributed by atoms with Crippen molar-refractivity contribution >= 4 is 17.4 Å². The molecule has 29 heavy (non-hydrogen) atoms. The molecule has 3 aromatic carbocycles. The maximum atomic E-state index is 10.8. The molecule has 2 atom stereocenters. The van der Waals surface area contributed by atoms with Crippen LogP contribution in [0, 0.1) is 10.1 Å². The number of non-ortho nitro benzene ring substituents is 1. The molecule has 8 heteroatoms. The summed E-state index contributed by atoms with van der Waals surface area (Å²) in [5, 5.41) is 10.8. The van der Waals surface area contributed by atoms with Crippen LogP contribution < -0.4 is 16.2 Å². The van der Waals surface area contributed by atoms with Crippen molar-refractivity contribution in [1.29, 1.82) is 0 Å². The summed E-state index contributed by atoms with van der Waals surface area (Å²) in [5.41, 5.74) is 14.0. The van der Waals surface area contributed by atoms with Crippen LogP contribution in [-0.4, -0.2) is 12.0 Å². The minimum atomic E-state index is -0.767. The van der Waals surface area contributed by atoms with E-state index in [9.17, 15) is 10.1 Å². The van der Waals surface area contributed by atoms with Gasteiger partial charge in [-0.15, -0.1) is 0 Å². The first-order chi connectivity index (χ1) is 14.0. The summed E-state index contributed by atoms with van der Waals surface area (Å²) in [6.07, 6.45) is -1.53. The molecule has 4 N–H and O–H groups in total. The second-order valence-corrected chi connectivity index (χ2v) is 7.23. The Morgan fingerprint density at radius 2 is 1.48 bits per heavy atom. The highest BCUT2D eigenvalue weighted by atomic mass is 32.2. The number of nitrogens with two attached hydrogens (primary N) is 2. The van der Waals surface area contributed by atoms with Crippen LogP contribution in [0.25, 0.3) is 0 Å². The molecule has 0 aromatic heterocycles. The number of nitro benzene ring substituents is 1. The summed E-state index contributed by atoms with van der Waals surface area (Å²) in [5.74, 6) is 0.626. The normalized spacial score (nSPS) is 12.9. The van der Waals surface area contributed by atoms with Crippen molar-refractivity contribution in [1.82, 2.24) is 0 Å². The van der Waals surface area contributed by atoms with E-state index in [2.05, 4.69) is 0 Å². The summed E-state index contributed by atoms with van der Waals surface area (Å²) in [6, 6.07) is 21.2. The average molecular weight is 411 g/mol. The summed E-state index contributed by atoms with van der Waals surface area (Å²) >= 11 is 1.45. The zero-order valence-electron chi connectivity index (χ0n) is 15.7. The van der Waals surface area contributed by atoms with Crippen molar-refractivity contribution < 1.29 is 14.4 Å². The molecular weight excluding hydrogens is 390 g/mol. The first-order valence-corrected chi connectivity index (χ1v) is 9.62. The fourth-order valence-corrected chi connectivity index (χ4v) is 3.75. The van der Waals surface area contributed by atoms with Gasteiger partial charge in [0.2, 0.25) is 0 Å². The van der Waals surface area contributed by atoms with E-state index in [0.717, 1.165) is 15.4 Å². The zero-order chi connectivity index (χ0) is 20.8. The number of benzene rings is 3. The van der Waals surface area contributed by atoms with Gasteiger partial charge in [0.25, 0.3) is 5.69 Å². The Morgan fingerprint density at radius 1 is 0.897 bits per heavy atom. The number of nitrogens with zero attached hydrogens (tertiary/aromatic N) is 1. The van der Waals surface area contributed by atoms with Crippen molar-refractivity contribution in [3.63, 3.8) is 0 Å². The molecule has 3 aromatic rings. The van der Waals surface area contributed by atoms with Crippen molar-refractivity contribution in [3.8, 4) is 5.75 Å². The van der Waals surface area contributed by atoms with Crippen LogP contribution in [0.4, 0.5) is 5.69 Å². The van der Waals surface area contributed by atoms with Gasteiger partial charge in [-0.3, -0.25) is 10.1 Å². The minimum absolute atomic E-state index is 0.0467. The largest absolute Gasteiger partial charge is 0.496 e. The van der Waals surface area contributed by atoms with E-state index < -0.39 is 17.4 Å². The lowest BCUT2D eigenvalue weighted by atomic mass is 10.1. The fraction of sp³-hybridized carbons (Fsp3) is 0.143. The standard InChI is InChI=1S/C21H21N3O4S/c1-27-18-8-4-2-6-16(18)20(22)28-21(23)17-7-3-5-9-19(17)29-15-12-10-14(11-13-15)24(25)26/h2-13,20-21H,22-23H2,1H3. The van der Waals surface area contributed by atoms with Crippen LogP contribution in [0.2, 0.25) is 0 Å². The molecule has 0 saturated heterocycles. The number of para-hydroxylation sites is 1. The van der Waals surface area contributed by atoms with E-state index in [1.165, 1.54) is 23.9 Å². The molecule has 0 aliphatic rings. The number of rotatable bonds is 8. The van der Waals surface area contributed by atoms with Gasteiger partial charge in [0, 0.05) is 33.1 Å². The molecule has 0 radical (unpaired) electrons. The average Bonchev–Trinajstić information content (AvgIpc) is 2.74. The van der Waals surface area contributed by atoms with Crippen LogP contribution in [0.15, 0.2) is 82.6 Å². The molecule has 2 unspecified atom stereocenters. The van der Waals surface area contributed by atoms with Crippen molar-refractivity contribution in [3.05, 3.63) is 94.0 Å². The molecule has 0 heterocycles. The predicted octanol–water partition coefficient (Wildman–Crippen LogP) is 4.39. The van der Waals surface area contributed by atoms with Crippen LogP contribution in [0.1, 0.15) is 23.6 Å². The van der Waals surface area contributed by atoms with E-state index in [4.69, 9.17) is 20.9 Å². The van der Waals surface area contributed by atoms with Crippen LogP contribution in [-0.2, 0) is 4.74 Å². The van der Waals surface area contributed by atoms with Crippen LogP contribution in [0.5, 0.6) is 5.75 Å². The molecule has 0 bridgehead atoms. The monoisotopic (exact) mass is 411 g/mol. The number of ether oxygens (including phenoxy) is 2. The fourth-order valence-electron chi connectivity index (χ4n) is 2.78. The van der Waals surface area contributed by atoms with Gasteiger partial charge in [0.1, 0.15) is 18.2 Å². The quantitative estimate of drug-likeness (QED) is 0.321. The van der Waals surface area contributed by atoms with Gasteiger partial charge in [-0.2, -0.15) is 0 Å². The molecule has 0 amide bonds. The SMILES string of the molecule is COc1ccccc1C(N)OC(N)c1ccccc1Sc1ccc([N+](=O)[O-])cc1. The van der Waals surface area contributed by atoms with Gasteiger partial charge < -0.3 is 20.9 Å². The van der Waals surface area contributed by atoms with Gasteiger partial charge in [-0.1, -0.05) is 48.2 Å². The molecule has 0 aliphatic carbocycles. The molecule has 0 fully saturated rings. The topological polar surface area (TPSA) is 114 Å². The molecule has 0 saturated carbocycles. The zero-order valence-corrected chi connectivity index (χ0v) is 16.5. The van der Waals surface area contributed by atoms with Crippen molar-refractivity contribution in [2.24, 2.45) is 11.5 Å². The Morgan fingerprint density at radius 3 is 2.14 bits per heavy atom. The first kappa shape index (κ1) is 20.8. The molecule has 7 nitrogen and oxygen atoms in total. The van der Waals surface area contributed by atoms with Crippen molar-refractivity contribution in [2.75, 3.05) is 7.11 Å². The van der Waals surface area contributed by atoms with Crippen molar-refractivity contribution in [2.45, 2.75) is 22.2 Å². The highest BCUT2D eigenvalue weighted by Gasteiger charge is 2.19. The second kappa shape index (κ2) is 9.53. The van der Waals surface area contributed by atoms with E-state index in [1.807, 2.05) is 48.5 Å². The smallest absolute Gasteiger partial charge is 0.269 e. The Bertz CT molecular complexity index is 982. The van der Waals surface area contributed by atoms with Gasteiger partial charge in [-0.25, -0.2) is 0 Å². The highest BCUT2D eigenvalue weighted by Crippen LogP contribution is 2.35. The van der Waals surface area contributed by atoms with E-state index >= 15 is 0 Å². The van der Waals surface area contributed by atoms with E-state index in [-0.39, 0.29) is 5.69 Å². The third-order valence-electron chi connectivity index (χ3n) is 4.24. The maximum Gasteiger partial charge on any atom is 0.269 e. The molecule has 3 rings (SSSR count). The summed E-state index contributed by atoms with van der Waals surface area (Å²) < 4.78 is 11.2. The molecular formula is C21H21N3O4S. The second-order valence-electron chi connectivity index (χ2n) is 6.11. The van der Waals surface area contributed by atoms with E-state index in [1.54, 1.807) is 19.2 Å². The van der Waals surface area contributed by atoms with Gasteiger partial charge in [0.05, 0.1) is 12.0 Å². The highest BCUT2D eigenvalue weighted by molar-refractivity contribution is 7.99. The third-order valence-corrected chi connectivity index (χ3v) is 5.34. The predicted molar refractivity (Wildman–Crippen MR) is 112 cm³/mol. The van der Waals surface area contributed by atoms with Gasteiger partial charge in [-0.05, 0) is 24.3 Å². The number of hydrogen-bond acceptors (Lipinski definition) is 7. The van der Waals surface area contributed by atoms with Gasteiger partial charge >= 0.3 is 0 Å². The Hall–Kier alpha value is -2.91. The first-order valence-electron chi connectivity index (χ1n) is 8.80. The number of hydrogen-bond donors (Lipinski definition) is 2. The van der Waals surface area contributed by atoms with Gasteiger partial charge in [0.15, 0.2) is 0 Å². The summed E-state index contributed by atoms with van der Waals surface area (Å²) in [6.45, 7) is 0. The summed E-state index contributed by atoms with van der Waals surface area (Å²) in [7, 11) is 1.57. The minimum Gasteiger partial charge on any atom is -0.496 e. The molecule has 150 valence electrons. The Balaban J connectivity index is 1.77. The number of methoxy groups -OCH3 is 1. The molecule has 0 aliphatic heterocycles. The lowest BCUT2D eigenvalue weighted by Crippen LogP contribution is -2.23. The lowest BCUT2D eigenvalue weighted by Gasteiger charge is -2.22. The lowest BCUT2D eigenvalue weighted by molar-refractivity contribution is -0.384. The maximum absolute atomic E-state index is 10.8. The van der Waals surface area contributed by atoms with Crippen LogP contribution in [0.3, 0.4) is 0 Å². The Labute approximate surface area is 172 Å². The number of nitro groups is 1. The molecule has 0 spiro atoms. The third kappa shape index (κ3) is 5.12. The summed E-state index contributed by atoms with van der Waals surface area (Å²) in [4.78, 5) is 12.1. The van der Waals surface area contributed by atoms with Crippen LogP contribution >= 0.6 is 11.8 Å².